The molecule has 0 spiro atoms. The molecule has 2 aromatic rings. The van der Waals surface area contributed by atoms with Crippen molar-refractivity contribution in [3.63, 3.8) is 0 Å². The summed E-state index contributed by atoms with van der Waals surface area (Å²) in [5, 5.41) is 8.95. The van der Waals surface area contributed by atoms with Gasteiger partial charge in [-0.25, -0.2) is 4.39 Å². The average Bonchev–Trinajstić information content (AvgIpc) is 3.36. The van der Waals surface area contributed by atoms with Crippen molar-refractivity contribution in [3.8, 4) is 6.07 Å². The number of halogens is 1. The summed E-state index contributed by atoms with van der Waals surface area (Å²) in [6, 6.07) is 15.6. The lowest BCUT2D eigenvalue weighted by molar-refractivity contribution is -0.133. The zero-order valence-corrected chi connectivity index (χ0v) is 12.9. The van der Waals surface area contributed by atoms with Crippen LogP contribution in [0.1, 0.15) is 29.5 Å². The topological polar surface area (TPSA) is 44.1 Å². The first-order valence-electron chi connectivity index (χ1n) is 7.56. The summed E-state index contributed by atoms with van der Waals surface area (Å²) in [5.74, 6) is -0.245. The molecule has 116 valence electrons. The third kappa shape index (κ3) is 2.95. The molecule has 0 bridgehead atoms. The summed E-state index contributed by atoms with van der Waals surface area (Å²) in [6.45, 7) is 0.456. The average molecular weight is 308 g/mol. The Bertz CT molecular complexity index is 773. The maximum absolute atomic E-state index is 13.1. The fourth-order valence-electron chi connectivity index (χ4n) is 2.97. The van der Waals surface area contributed by atoms with Crippen LogP contribution in [0.3, 0.4) is 0 Å². The quantitative estimate of drug-likeness (QED) is 0.869. The van der Waals surface area contributed by atoms with E-state index < -0.39 is 5.41 Å². The van der Waals surface area contributed by atoms with Crippen LogP contribution in [0.4, 0.5) is 4.39 Å². The Kier molecular flexibility index (Phi) is 3.87. The van der Waals surface area contributed by atoms with E-state index in [9.17, 15) is 9.18 Å². The van der Waals surface area contributed by atoms with Crippen molar-refractivity contribution >= 4 is 5.91 Å². The van der Waals surface area contributed by atoms with E-state index in [0.717, 1.165) is 24.0 Å². The van der Waals surface area contributed by atoms with Gasteiger partial charge in [0.15, 0.2) is 0 Å². The SMILES string of the molecule is CN(Cc1cccc(C#N)c1)C(=O)C1(c2ccc(F)cc2)CC1. The summed E-state index contributed by atoms with van der Waals surface area (Å²) in [7, 11) is 1.77. The minimum Gasteiger partial charge on any atom is -0.341 e. The van der Waals surface area contributed by atoms with Gasteiger partial charge in [-0.1, -0.05) is 24.3 Å². The van der Waals surface area contributed by atoms with Crippen LogP contribution in [-0.2, 0) is 16.8 Å². The minimum absolute atomic E-state index is 0.0477. The van der Waals surface area contributed by atoms with Crippen LogP contribution in [0.5, 0.6) is 0 Å². The van der Waals surface area contributed by atoms with Crippen molar-refractivity contribution in [2.75, 3.05) is 7.05 Å². The number of likely N-dealkylation sites (N-methyl/N-ethyl adjacent to an activating group) is 1. The van der Waals surface area contributed by atoms with Gasteiger partial charge in [0.25, 0.3) is 0 Å². The Labute approximate surface area is 135 Å². The van der Waals surface area contributed by atoms with Gasteiger partial charge in [-0.15, -0.1) is 0 Å². The van der Waals surface area contributed by atoms with Gasteiger partial charge in [0.05, 0.1) is 17.0 Å². The standard InChI is InChI=1S/C19H17FN2O/c1-22(13-15-4-2-3-14(11-15)12-21)18(23)19(9-10-19)16-5-7-17(20)8-6-16/h2-8,11H,9-10,13H2,1H3. The van der Waals surface area contributed by atoms with Crippen LogP contribution in [0.25, 0.3) is 0 Å². The van der Waals surface area contributed by atoms with E-state index in [-0.39, 0.29) is 11.7 Å². The van der Waals surface area contributed by atoms with Crippen LogP contribution in [0.15, 0.2) is 48.5 Å². The maximum atomic E-state index is 13.1. The van der Waals surface area contributed by atoms with Crippen LogP contribution in [-0.4, -0.2) is 17.9 Å². The van der Waals surface area contributed by atoms with Gasteiger partial charge in [0, 0.05) is 13.6 Å². The van der Waals surface area contributed by atoms with Gasteiger partial charge in [-0.3, -0.25) is 4.79 Å². The van der Waals surface area contributed by atoms with Gasteiger partial charge in [0.2, 0.25) is 5.91 Å². The molecular formula is C19H17FN2O. The molecule has 0 heterocycles. The van der Waals surface area contributed by atoms with Crippen LogP contribution < -0.4 is 0 Å². The highest BCUT2D eigenvalue weighted by molar-refractivity contribution is 5.91. The molecule has 0 radical (unpaired) electrons. The van der Waals surface area contributed by atoms with E-state index in [1.54, 1.807) is 36.2 Å². The molecule has 0 N–H and O–H groups in total. The Hall–Kier alpha value is -2.67. The second kappa shape index (κ2) is 5.85. The van der Waals surface area contributed by atoms with E-state index in [0.29, 0.717) is 12.1 Å². The predicted molar refractivity (Wildman–Crippen MR) is 84.9 cm³/mol. The van der Waals surface area contributed by atoms with Crippen molar-refractivity contribution in [1.29, 1.82) is 5.26 Å². The first kappa shape index (κ1) is 15.2. The zero-order chi connectivity index (χ0) is 16.4. The molecule has 4 heteroatoms. The lowest BCUT2D eigenvalue weighted by Crippen LogP contribution is -2.36. The van der Waals surface area contributed by atoms with Gasteiger partial charge in [-0.2, -0.15) is 5.26 Å². The number of amides is 1. The highest BCUT2D eigenvalue weighted by Gasteiger charge is 2.52. The van der Waals surface area contributed by atoms with Crippen LogP contribution in [0.2, 0.25) is 0 Å². The Morgan fingerprint density at radius 2 is 1.96 bits per heavy atom. The molecule has 0 saturated heterocycles. The molecule has 1 aliphatic carbocycles. The van der Waals surface area contributed by atoms with Crippen molar-refractivity contribution in [2.45, 2.75) is 24.8 Å². The van der Waals surface area contributed by atoms with E-state index in [2.05, 4.69) is 6.07 Å². The number of benzene rings is 2. The molecule has 1 saturated carbocycles. The Balaban J connectivity index is 1.77. The normalized spacial score (nSPS) is 14.8. The van der Waals surface area contributed by atoms with Gasteiger partial charge < -0.3 is 4.90 Å². The van der Waals surface area contributed by atoms with E-state index >= 15 is 0 Å². The molecular weight excluding hydrogens is 291 g/mol. The van der Waals surface area contributed by atoms with Gasteiger partial charge >= 0.3 is 0 Å². The molecule has 1 aliphatic rings. The first-order chi connectivity index (χ1) is 11.0. The van der Waals surface area contributed by atoms with Gasteiger partial charge in [0.1, 0.15) is 5.82 Å². The molecule has 0 aromatic heterocycles. The molecule has 0 aliphatic heterocycles. The fraction of sp³-hybridized carbons (Fsp3) is 0.263. The van der Waals surface area contributed by atoms with E-state index in [1.165, 1.54) is 12.1 Å². The van der Waals surface area contributed by atoms with Crippen molar-refractivity contribution < 1.29 is 9.18 Å². The molecule has 1 amide bonds. The summed E-state index contributed by atoms with van der Waals surface area (Å²) in [6.07, 6.45) is 1.58. The Morgan fingerprint density at radius 3 is 2.57 bits per heavy atom. The smallest absolute Gasteiger partial charge is 0.233 e. The van der Waals surface area contributed by atoms with Gasteiger partial charge in [-0.05, 0) is 48.2 Å². The summed E-state index contributed by atoms with van der Waals surface area (Å²) in [4.78, 5) is 14.5. The highest BCUT2D eigenvalue weighted by Crippen LogP contribution is 2.49. The first-order valence-corrected chi connectivity index (χ1v) is 7.56. The monoisotopic (exact) mass is 308 g/mol. The molecule has 1 fully saturated rings. The highest BCUT2D eigenvalue weighted by atomic mass is 19.1. The summed E-state index contributed by atoms with van der Waals surface area (Å²) >= 11 is 0. The van der Waals surface area contributed by atoms with E-state index in [4.69, 9.17) is 5.26 Å². The lowest BCUT2D eigenvalue weighted by Gasteiger charge is -2.24. The molecule has 3 rings (SSSR count). The molecule has 2 aromatic carbocycles. The molecule has 23 heavy (non-hydrogen) atoms. The van der Waals surface area contributed by atoms with Crippen molar-refractivity contribution in [3.05, 3.63) is 71.0 Å². The molecule has 0 unspecified atom stereocenters. The van der Waals surface area contributed by atoms with Crippen LogP contribution >= 0.6 is 0 Å². The van der Waals surface area contributed by atoms with Crippen molar-refractivity contribution in [2.24, 2.45) is 0 Å². The number of nitrogens with zero attached hydrogens (tertiary/aromatic N) is 2. The summed E-state index contributed by atoms with van der Waals surface area (Å²) < 4.78 is 13.1. The number of carbonyl (C=O) groups excluding carboxylic acids is 1. The number of hydrogen-bond donors (Lipinski definition) is 0. The Morgan fingerprint density at radius 1 is 1.26 bits per heavy atom. The predicted octanol–water partition coefficient (Wildman–Crippen LogP) is 3.39. The van der Waals surface area contributed by atoms with Crippen LogP contribution in [0, 0.1) is 17.1 Å². The van der Waals surface area contributed by atoms with E-state index in [1.807, 2.05) is 12.1 Å². The third-order valence-electron chi connectivity index (χ3n) is 4.38. The third-order valence-corrected chi connectivity index (χ3v) is 4.38. The molecule has 3 nitrogen and oxygen atoms in total. The number of hydrogen-bond acceptors (Lipinski definition) is 2. The minimum atomic E-state index is -0.505. The van der Waals surface area contributed by atoms with Crippen molar-refractivity contribution in [1.82, 2.24) is 4.90 Å². The second-order valence-electron chi connectivity index (χ2n) is 6.06. The summed E-state index contributed by atoms with van der Waals surface area (Å²) in [5.41, 5.74) is 1.88. The second-order valence-corrected chi connectivity index (χ2v) is 6.06. The molecule has 0 atom stereocenters. The number of rotatable bonds is 4. The zero-order valence-electron chi connectivity index (χ0n) is 12.9. The largest absolute Gasteiger partial charge is 0.341 e. The lowest BCUT2D eigenvalue weighted by atomic mass is 9.94. The fourth-order valence-corrected chi connectivity index (χ4v) is 2.97. The number of nitriles is 1. The number of carbonyl (C=O) groups is 1. The maximum Gasteiger partial charge on any atom is 0.233 e.